The Morgan fingerprint density at radius 1 is 1.12 bits per heavy atom. The largest absolute Gasteiger partial charge is 0.487 e. The minimum Gasteiger partial charge on any atom is -0.487 e. The second-order valence-electron chi connectivity index (χ2n) is 9.62. The van der Waals surface area contributed by atoms with Crippen LogP contribution in [0.5, 0.6) is 5.75 Å². The summed E-state index contributed by atoms with van der Waals surface area (Å²) >= 11 is 8.40. The molecule has 1 aliphatic heterocycles. The lowest BCUT2D eigenvalue weighted by Gasteiger charge is -2.24. The topological polar surface area (TPSA) is 93.7 Å². The number of carbonyl (C=O) groups is 1. The monoisotopic (exact) mass is 705 g/mol. The summed E-state index contributed by atoms with van der Waals surface area (Å²) in [6.45, 7) is 5.99. The third kappa shape index (κ3) is 6.04. The molecule has 0 spiro atoms. The van der Waals surface area contributed by atoms with E-state index in [0.717, 1.165) is 21.2 Å². The molecule has 0 bridgehead atoms. The first-order valence-corrected chi connectivity index (χ1v) is 15.5. The lowest BCUT2D eigenvalue weighted by atomic mass is 9.95. The fraction of sp³-hybridized carbons (Fsp3) is 0.188. The number of esters is 1. The number of halogens is 2. The number of fused-ring (bicyclic) bond motifs is 1. The molecular formula is C32H25Br2N3O4S. The number of nitriles is 1. The van der Waals surface area contributed by atoms with Crippen molar-refractivity contribution in [2.75, 3.05) is 6.61 Å². The van der Waals surface area contributed by atoms with E-state index >= 15 is 0 Å². The highest BCUT2D eigenvalue weighted by molar-refractivity contribution is 9.11. The maximum absolute atomic E-state index is 14.0. The van der Waals surface area contributed by atoms with Gasteiger partial charge in [-0.2, -0.15) is 5.26 Å². The molecule has 0 fully saturated rings. The molecule has 0 radical (unpaired) electrons. The van der Waals surface area contributed by atoms with Crippen LogP contribution in [0.15, 0.2) is 90.7 Å². The van der Waals surface area contributed by atoms with E-state index in [1.807, 2.05) is 55.5 Å². The Bertz CT molecular complexity index is 1940. The minimum atomic E-state index is -0.676. The van der Waals surface area contributed by atoms with E-state index in [9.17, 15) is 9.59 Å². The Kier molecular flexibility index (Phi) is 8.92. The van der Waals surface area contributed by atoms with E-state index in [2.05, 4.69) is 42.9 Å². The number of hydrogen-bond donors (Lipinski definition) is 0. The summed E-state index contributed by atoms with van der Waals surface area (Å²) in [5.74, 6) is 0.0693. The number of ether oxygens (including phenoxy) is 2. The Labute approximate surface area is 263 Å². The third-order valence-corrected chi connectivity index (χ3v) is 8.73. The number of nitrogens with zero attached hydrogens (tertiary/aromatic N) is 3. The van der Waals surface area contributed by atoms with E-state index in [1.165, 1.54) is 11.3 Å². The first-order chi connectivity index (χ1) is 20.2. The maximum Gasteiger partial charge on any atom is 0.338 e. The van der Waals surface area contributed by atoms with Crippen LogP contribution < -0.4 is 19.6 Å². The van der Waals surface area contributed by atoms with Gasteiger partial charge in [0.15, 0.2) is 4.80 Å². The number of rotatable bonds is 7. The summed E-state index contributed by atoms with van der Waals surface area (Å²) in [7, 11) is 0. The lowest BCUT2D eigenvalue weighted by Crippen LogP contribution is -2.39. The molecule has 42 heavy (non-hydrogen) atoms. The number of aryl methyl sites for hydroxylation is 1. The molecule has 5 rings (SSSR count). The zero-order valence-corrected chi connectivity index (χ0v) is 27.0. The molecule has 10 heteroatoms. The Hall–Kier alpha value is -3.78. The molecule has 1 aliphatic rings. The molecule has 0 saturated heterocycles. The summed E-state index contributed by atoms with van der Waals surface area (Å²) in [4.78, 5) is 32.3. The quantitative estimate of drug-likeness (QED) is 0.217. The van der Waals surface area contributed by atoms with Gasteiger partial charge in [-0.15, -0.1) is 0 Å². The molecule has 0 saturated carbocycles. The van der Waals surface area contributed by atoms with Gasteiger partial charge in [-0.3, -0.25) is 9.36 Å². The Morgan fingerprint density at radius 2 is 1.83 bits per heavy atom. The maximum atomic E-state index is 14.0. The second-order valence-corrected chi connectivity index (χ2v) is 12.4. The highest BCUT2D eigenvalue weighted by Gasteiger charge is 2.33. The number of carbonyl (C=O) groups excluding carboxylic acids is 1. The molecule has 7 nitrogen and oxygen atoms in total. The van der Waals surface area contributed by atoms with Crippen LogP contribution in [-0.2, 0) is 16.1 Å². The standard InChI is InChI=1S/C32H25Br2N3O4S/c1-4-40-31(39)27-19(3)36-32-37(28(27)22-11-5-18(2)6-12-22)30(38)26(42-32)14-23-13-24(33)15-25(34)29(23)41-17-21-9-7-20(16-35)8-10-21/h5-15,28H,4,17H2,1-3H3/b26-14-/t28-/m0/s1. The van der Waals surface area contributed by atoms with Crippen LogP contribution in [0.25, 0.3) is 6.08 Å². The van der Waals surface area contributed by atoms with Crippen molar-refractivity contribution in [2.45, 2.75) is 33.4 Å². The smallest absolute Gasteiger partial charge is 0.338 e. The first kappa shape index (κ1) is 29.7. The van der Waals surface area contributed by atoms with Gasteiger partial charge in [0.05, 0.1) is 44.6 Å². The minimum absolute atomic E-state index is 0.212. The SMILES string of the molecule is CCOC(=O)C1=C(C)N=c2s/c(=C\c3cc(Br)cc(Br)c3OCc3ccc(C#N)cc3)c(=O)n2[C@H]1c1ccc(C)cc1. The molecule has 0 unspecified atom stereocenters. The van der Waals surface area contributed by atoms with E-state index in [0.29, 0.717) is 42.0 Å². The number of aromatic nitrogens is 1. The zero-order chi connectivity index (χ0) is 30.0. The summed E-state index contributed by atoms with van der Waals surface area (Å²) in [6, 6.07) is 20.1. The molecular weight excluding hydrogens is 682 g/mol. The Morgan fingerprint density at radius 3 is 2.50 bits per heavy atom. The molecule has 0 N–H and O–H groups in total. The lowest BCUT2D eigenvalue weighted by molar-refractivity contribution is -0.139. The van der Waals surface area contributed by atoms with Gasteiger partial charge in [-0.1, -0.05) is 69.2 Å². The van der Waals surface area contributed by atoms with Crippen molar-refractivity contribution in [2.24, 2.45) is 4.99 Å². The van der Waals surface area contributed by atoms with Crippen molar-refractivity contribution in [1.29, 1.82) is 5.26 Å². The van der Waals surface area contributed by atoms with E-state index < -0.39 is 12.0 Å². The van der Waals surface area contributed by atoms with Crippen molar-refractivity contribution in [3.05, 3.63) is 128 Å². The number of allylic oxidation sites excluding steroid dienone is 1. The van der Waals surface area contributed by atoms with Crippen molar-refractivity contribution >= 4 is 55.2 Å². The van der Waals surface area contributed by atoms with Gasteiger partial charge in [0.1, 0.15) is 12.4 Å². The highest BCUT2D eigenvalue weighted by Crippen LogP contribution is 2.34. The van der Waals surface area contributed by atoms with E-state index in [1.54, 1.807) is 36.6 Å². The van der Waals surface area contributed by atoms with Crippen LogP contribution in [-0.4, -0.2) is 17.1 Å². The summed E-state index contributed by atoms with van der Waals surface area (Å²) < 4.78 is 15.1. The molecule has 2 heterocycles. The van der Waals surface area contributed by atoms with Crippen molar-refractivity contribution in [3.8, 4) is 11.8 Å². The molecule has 1 atom stereocenters. The summed E-state index contributed by atoms with van der Waals surface area (Å²) in [6.07, 6.45) is 1.78. The Balaban J connectivity index is 1.62. The number of hydrogen-bond acceptors (Lipinski definition) is 7. The average Bonchev–Trinajstić information content (AvgIpc) is 3.26. The molecule has 3 aromatic carbocycles. The summed E-state index contributed by atoms with van der Waals surface area (Å²) in [5, 5.41) is 9.08. The van der Waals surface area contributed by atoms with Gasteiger partial charge in [-0.05, 0) is 78.2 Å². The van der Waals surface area contributed by atoms with Gasteiger partial charge in [0, 0.05) is 10.0 Å². The summed E-state index contributed by atoms with van der Waals surface area (Å²) in [5.41, 5.74) is 4.61. The van der Waals surface area contributed by atoms with Gasteiger partial charge >= 0.3 is 5.97 Å². The van der Waals surface area contributed by atoms with Crippen molar-refractivity contribution in [3.63, 3.8) is 0 Å². The molecule has 1 aromatic heterocycles. The molecule has 0 amide bonds. The predicted octanol–water partition coefficient (Wildman–Crippen LogP) is 6.08. The highest BCUT2D eigenvalue weighted by atomic mass is 79.9. The fourth-order valence-corrected chi connectivity index (χ4v) is 7.08. The van der Waals surface area contributed by atoms with Crippen molar-refractivity contribution < 1.29 is 14.3 Å². The van der Waals surface area contributed by atoms with Gasteiger partial charge in [0.2, 0.25) is 0 Å². The third-order valence-electron chi connectivity index (χ3n) is 6.70. The van der Waals surface area contributed by atoms with E-state index in [4.69, 9.17) is 14.7 Å². The van der Waals surface area contributed by atoms with Gasteiger partial charge in [0.25, 0.3) is 5.56 Å². The molecule has 4 aromatic rings. The fourth-order valence-electron chi connectivity index (χ4n) is 4.67. The van der Waals surface area contributed by atoms with Crippen LogP contribution >= 0.6 is 43.2 Å². The van der Waals surface area contributed by atoms with Gasteiger partial charge in [-0.25, -0.2) is 9.79 Å². The van der Waals surface area contributed by atoms with E-state index in [-0.39, 0.29) is 18.8 Å². The average molecular weight is 707 g/mol. The molecule has 212 valence electrons. The second kappa shape index (κ2) is 12.6. The molecule has 0 aliphatic carbocycles. The van der Waals surface area contributed by atoms with Crippen LogP contribution in [0.2, 0.25) is 0 Å². The van der Waals surface area contributed by atoms with Crippen LogP contribution in [0, 0.1) is 18.3 Å². The number of thiazole rings is 1. The zero-order valence-electron chi connectivity index (χ0n) is 23.0. The van der Waals surface area contributed by atoms with Crippen LogP contribution in [0.1, 0.15) is 47.7 Å². The predicted molar refractivity (Wildman–Crippen MR) is 169 cm³/mol. The van der Waals surface area contributed by atoms with Crippen molar-refractivity contribution in [1.82, 2.24) is 4.57 Å². The number of benzene rings is 3. The van der Waals surface area contributed by atoms with Gasteiger partial charge < -0.3 is 9.47 Å². The van der Waals surface area contributed by atoms with Crippen LogP contribution in [0.3, 0.4) is 0 Å². The van der Waals surface area contributed by atoms with Crippen LogP contribution in [0.4, 0.5) is 0 Å². The first-order valence-electron chi connectivity index (χ1n) is 13.1. The normalized spacial score (nSPS) is 14.7.